The minimum atomic E-state index is -0.242. The Kier molecular flexibility index (Phi) is 6.61. The van der Waals surface area contributed by atoms with E-state index in [0.29, 0.717) is 25.0 Å². The smallest absolute Gasteiger partial charge is 0.177 e. The van der Waals surface area contributed by atoms with Crippen LogP contribution in [0.5, 0.6) is 0 Å². The Labute approximate surface area is 100 Å². The zero-order chi connectivity index (χ0) is 11.1. The Morgan fingerprint density at radius 3 is 2.80 bits per heavy atom. The molecule has 0 bridgehead atoms. The van der Waals surface area contributed by atoms with Gasteiger partial charge >= 0.3 is 0 Å². The van der Waals surface area contributed by atoms with Crippen molar-refractivity contribution >= 4 is 23.2 Å². The third-order valence-electron chi connectivity index (χ3n) is 1.98. The Morgan fingerprint density at radius 2 is 2.20 bits per heavy atom. The molecular formula is C10H16Cl2O3. The van der Waals surface area contributed by atoms with Gasteiger partial charge in [0.1, 0.15) is 6.10 Å². The highest BCUT2D eigenvalue weighted by molar-refractivity contribution is 6.21. The summed E-state index contributed by atoms with van der Waals surface area (Å²) in [5, 5.41) is 0. The quantitative estimate of drug-likeness (QED) is 0.537. The lowest BCUT2D eigenvalue weighted by atomic mass is 10.4. The molecule has 0 aromatic carbocycles. The average molecular weight is 255 g/mol. The van der Waals surface area contributed by atoms with Crippen LogP contribution in [0.25, 0.3) is 0 Å². The summed E-state index contributed by atoms with van der Waals surface area (Å²) in [4.78, 5) is 0. The van der Waals surface area contributed by atoms with Gasteiger partial charge in [-0.25, -0.2) is 0 Å². The molecule has 0 aliphatic carbocycles. The van der Waals surface area contributed by atoms with E-state index < -0.39 is 0 Å². The van der Waals surface area contributed by atoms with Crippen molar-refractivity contribution < 1.29 is 14.2 Å². The number of hydrogen-bond donors (Lipinski definition) is 0. The second kappa shape index (κ2) is 7.47. The molecule has 0 radical (unpaired) electrons. The Balaban J connectivity index is 2.18. The van der Waals surface area contributed by atoms with Crippen LogP contribution in [0, 0.1) is 0 Å². The molecule has 0 N–H and O–H groups in total. The van der Waals surface area contributed by atoms with Gasteiger partial charge in [-0.15, -0.1) is 23.2 Å². The van der Waals surface area contributed by atoms with E-state index in [1.54, 1.807) is 0 Å². The third-order valence-corrected chi connectivity index (χ3v) is 2.67. The van der Waals surface area contributed by atoms with Crippen LogP contribution in [0.1, 0.15) is 6.92 Å². The Hall–Kier alpha value is 0.200. The lowest BCUT2D eigenvalue weighted by Crippen LogP contribution is -2.25. The van der Waals surface area contributed by atoms with Crippen molar-refractivity contribution in [2.24, 2.45) is 0 Å². The summed E-state index contributed by atoms with van der Waals surface area (Å²) in [6.45, 7) is 2.94. The molecule has 0 spiro atoms. The van der Waals surface area contributed by atoms with E-state index in [0.717, 1.165) is 0 Å². The molecule has 1 aliphatic rings. The molecule has 15 heavy (non-hydrogen) atoms. The normalized spacial score (nSPS) is 26.9. The minimum Gasteiger partial charge on any atom is -0.373 e. The first-order chi connectivity index (χ1) is 7.30. The molecule has 0 aromatic rings. The van der Waals surface area contributed by atoms with E-state index in [9.17, 15) is 0 Å². The maximum absolute atomic E-state index is 5.64. The van der Waals surface area contributed by atoms with Gasteiger partial charge in [-0.05, 0) is 13.0 Å². The first kappa shape index (κ1) is 13.3. The number of halogens is 2. The average Bonchev–Trinajstić information content (AvgIpc) is 2.68. The zero-order valence-corrected chi connectivity index (χ0v) is 10.2. The molecule has 5 heteroatoms. The molecule has 88 valence electrons. The van der Waals surface area contributed by atoms with Crippen LogP contribution in [-0.4, -0.2) is 43.5 Å². The highest BCUT2D eigenvalue weighted by Crippen LogP contribution is 2.14. The standard InChI is InChI=1S/C10H16Cl2O3/c1-2-3-10-14-7-9(15-10)6-13-8(4-11)5-12/h2-3,8-10H,4-7H2,1H3/b3-2+/t9-,10+/m1/s1. The summed E-state index contributed by atoms with van der Waals surface area (Å²) in [6, 6.07) is 0. The number of ether oxygens (including phenoxy) is 3. The highest BCUT2D eigenvalue weighted by Gasteiger charge is 2.24. The van der Waals surface area contributed by atoms with E-state index in [4.69, 9.17) is 37.4 Å². The van der Waals surface area contributed by atoms with Crippen LogP contribution in [0.3, 0.4) is 0 Å². The maximum atomic E-state index is 5.64. The van der Waals surface area contributed by atoms with Crippen LogP contribution in [-0.2, 0) is 14.2 Å². The van der Waals surface area contributed by atoms with Gasteiger partial charge in [-0.1, -0.05) is 6.08 Å². The molecule has 1 aliphatic heterocycles. The summed E-state index contributed by atoms with van der Waals surface area (Å²) in [6.07, 6.45) is 3.38. The maximum Gasteiger partial charge on any atom is 0.177 e. The van der Waals surface area contributed by atoms with Crippen LogP contribution < -0.4 is 0 Å². The van der Waals surface area contributed by atoms with Crippen molar-refractivity contribution in [1.29, 1.82) is 0 Å². The van der Waals surface area contributed by atoms with Gasteiger partial charge in [0.15, 0.2) is 6.29 Å². The predicted octanol–water partition coefficient (Wildman–Crippen LogP) is 2.17. The second-order valence-electron chi connectivity index (χ2n) is 3.25. The van der Waals surface area contributed by atoms with E-state index in [1.165, 1.54) is 0 Å². The Bertz CT molecular complexity index is 195. The lowest BCUT2D eigenvalue weighted by molar-refractivity contribution is -0.0476. The van der Waals surface area contributed by atoms with E-state index >= 15 is 0 Å². The number of allylic oxidation sites excluding steroid dienone is 1. The van der Waals surface area contributed by atoms with Crippen molar-refractivity contribution in [3.63, 3.8) is 0 Å². The molecule has 0 amide bonds. The third kappa shape index (κ3) is 4.70. The van der Waals surface area contributed by atoms with E-state index in [2.05, 4.69) is 0 Å². The van der Waals surface area contributed by atoms with Crippen LogP contribution in [0.15, 0.2) is 12.2 Å². The first-order valence-corrected chi connectivity index (χ1v) is 6.00. The van der Waals surface area contributed by atoms with Crippen molar-refractivity contribution in [1.82, 2.24) is 0 Å². The number of hydrogen-bond acceptors (Lipinski definition) is 3. The van der Waals surface area contributed by atoms with Crippen molar-refractivity contribution in [3.05, 3.63) is 12.2 Å². The van der Waals surface area contributed by atoms with Gasteiger partial charge in [-0.2, -0.15) is 0 Å². The zero-order valence-electron chi connectivity index (χ0n) is 8.70. The molecule has 2 atom stereocenters. The molecule has 1 fully saturated rings. The molecule has 0 saturated carbocycles. The predicted molar refractivity (Wildman–Crippen MR) is 60.6 cm³/mol. The first-order valence-electron chi connectivity index (χ1n) is 4.93. The van der Waals surface area contributed by atoms with Crippen LogP contribution in [0.4, 0.5) is 0 Å². The molecule has 0 unspecified atom stereocenters. The van der Waals surface area contributed by atoms with Crippen molar-refractivity contribution in [2.75, 3.05) is 25.0 Å². The number of rotatable bonds is 6. The SMILES string of the molecule is C/C=C/[C@H]1OC[C@@H](COC(CCl)CCl)O1. The highest BCUT2D eigenvalue weighted by atomic mass is 35.5. The van der Waals surface area contributed by atoms with Gasteiger partial charge in [0.2, 0.25) is 0 Å². The van der Waals surface area contributed by atoms with Gasteiger partial charge in [0.05, 0.1) is 19.3 Å². The molecular weight excluding hydrogens is 239 g/mol. The fraction of sp³-hybridized carbons (Fsp3) is 0.800. The van der Waals surface area contributed by atoms with E-state index in [-0.39, 0.29) is 18.5 Å². The molecule has 3 nitrogen and oxygen atoms in total. The molecule has 1 saturated heterocycles. The largest absolute Gasteiger partial charge is 0.373 e. The Morgan fingerprint density at radius 1 is 1.47 bits per heavy atom. The van der Waals surface area contributed by atoms with Gasteiger partial charge in [0.25, 0.3) is 0 Å². The molecule has 0 aromatic heterocycles. The topological polar surface area (TPSA) is 27.7 Å². The van der Waals surface area contributed by atoms with Crippen molar-refractivity contribution in [3.8, 4) is 0 Å². The van der Waals surface area contributed by atoms with E-state index in [1.807, 2.05) is 19.1 Å². The van der Waals surface area contributed by atoms with Crippen molar-refractivity contribution in [2.45, 2.75) is 25.4 Å². The fourth-order valence-electron chi connectivity index (χ4n) is 1.19. The summed E-state index contributed by atoms with van der Waals surface area (Å²) in [7, 11) is 0. The lowest BCUT2D eigenvalue weighted by Gasteiger charge is -2.14. The summed E-state index contributed by atoms with van der Waals surface area (Å²) < 4.78 is 16.3. The summed E-state index contributed by atoms with van der Waals surface area (Å²) in [5.74, 6) is 0.796. The summed E-state index contributed by atoms with van der Waals surface area (Å²) in [5.41, 5.74) is 0. The van der Waals surface area contributed by atoms with Gasteiger partial charge in [0, 0.05) is 11.8 Å². The monoisotopic (exact) mass is 254 g/mol. The van der Waals surface area contributed by atoms with Crippen LogP contribution >= 0.6 is 23.2 Å². The van der Waals surface area contributed by atoms with Gasteiger partial charge < -0.3 is 14.2 Å². The molecule has 1 rings (SSSR count). The van der Waals surface area contributed by atoms with Crippen LogP contribution in [0.2, 0.25) is 0 Å². The number of alkyl halides is 2. The minimum absolute atomic E-state index is 0.0277. The molecule has 1 heterocycles. The summed E-state index contributed by atoms with van der Waals surface area (Å²) >= 11 is 11.3. The van der Waals surface area contributed by atoms with Gasteiger partial charge in [-0.3, -0.25) is 0 Å². The fourth-order valence-corrected chi connectivity index (χ4v) is 1.70. The second-order valence-corrected chi connectivity index (χ2v) is 3.87.